The number of hydrogen-bond acceptors (Lipinski definition) is 4. The molecule has 2 aliphatic rings. The zero-order chi connectivity index (χ0) is 15.5. The standard InChI is InChI=1S/C14H19F2N5O/c15-12(16)11-9-17-13(18-10-11)19-5-7-21(8-6-19)14(22)20-3-1-2-4-20/h9-10,12H,1-8H2. The Morgan fingerprint density at radius 1 is 0.955 bits per heavy atom. The lowest BCUT2D eigenvalue weighted by molar-refractivity contribution is 0.150. The van der Waals surface area contributed by atoms with Crippen molar-refractivity contribution in [2.45, 2.75) is 19.3 Å². The molecule has 2 fully saturated rings. The number of nitrogens with zero attached hydrogens (tertiary/aromatic N) is 5. The number of anilines is 1. The van der Waals surface area contributed by atoms with E-state index in [2.05, 4.69) is 9.97 Å². The number of alkyl halides is 2. The van der Waals surface area contributed by atoms with Gasteiger partial charge in [-0.25, -0.2) is 23.5 Å². The molecule has 0 aromatic carbocycles. The summed E-state index contributed by atoms with van der Waals surface area (Å²) in [7, 11) is 0. The third kappa shape index (κ3) is 3.10. The van der Waals surface area contributed by atoms with E-state index >= 15 is 0 Å². The number of carbonyl (C=O) groups is 1. The van der Waals surface area contributed by atoms with Gasteiger partial charge in [-0.1, -0.05) is 0 Å². The van der Waals surface area contributed by atoms with E-state index in [0.717, 1.165) is 38.3 Å². The van der Waals surface area contributed by atoms with Gasteiger partial charge in [-0.05, 0) is 12.8 Å². The molecule has 1 aromatic heterocycles. The van der Waals surface area contributed by atoms with E-state index in [9.17, 15) is 13.6 Å². The SMILES string of the molecule is O=C(N1CCCC1)N1CCN(c2ncc(C(F)F)cn2)CC1. The fourth-order valence-electron chi connectivity index (χ4n) is 2.81. The van der Waals surface area contributed by atoms with Crippen LogP contribution < -0.4 is 4.90 Å². The van der Waals surface area contributed by atoms with Crippen molar-refractivity contribution in [3.63, 3.8) is 0 Å². The van der Waals surface area contributed by atoms with E-state index in [1.54, 1.807) is 0 Å². The maximum absolute atomic E-state index is 12.5. The average Bonchev–Trinajstić information content (AvgIpc) is 3.09. The molecule has 2 amide bonds. The Bertz CT molecular complexity index is 510. The maximum Gasteiger partial charge on any atom is 0.320 e. The first-order valence-corrected chi connectivity index (χ1v) is 7.54. The molecule has 0 bridgehead atoms. The molecule has 2 aliphatic heterocycles. The summed E-state index contributed by atoms with van der Waals surface area (Å²) in [6.07, 6.45) is 1.93. The molecule has 8 heteroatoms. The van der Waals surface area contributed by atoms with Gasteiger partial charge in [-0.2, -0.15) is 0 Å². The normalized spacial score (nSPS) is 19.1. The molecule has 0 aliphatic carbocycles. The van der Waals surface area contributed by atoms with Gasteiger partial charge in [0.05, 0.1) is 5.56 Å². The Kier molecular flexibility index (Phi) is 4.35. The van der Waals surface area contributed by atoms with Gasteiger partial charge in [-0.3, -0.25) is 0 Å². The summed E-state index contributed by atoms with van der Waals surface area (Å²) in [6.45, 7) is 4.14. The van der Waals surface area contributed by atoms with Gasteiger partial charge in [0.15, 0.2) is 0 Å². The number of piperazine rings is 1. The molecule has 2 saturated heterocycles. The van der Waals surface area contributed by atoms with Crippen molar-refractivity contribution in [3.8, 4) is 0 Å². The fraction of sp³-hybridized carbons (Fsp3) is 0.643. The van der Waals surface area contributed by atoms with Crippen LogP contribution in [0.15, 0.2) is 12.4 Å². The molecule has 0 N–H and O–H groups in total. The second kappa shape index (κ2) is 6.41. The van der Waals surface area contributed by atoms with Crippen LogP contribution in [0, 0.1) is 0 Å². The predicted molar refractivity (Wildman–Crippen MR) is 77.0 cm³/mol. The molecule has 1 aromatic rings. The zero-order valence-electron chi connectivity index (χ0n) is 12.3. The summed E-state index contributed by atoms with van der Waals surface area (Å²) in [4.78, 5) is 25.9. The van der Waals surface area contributed by atoms with Crippen LogP contribution in [0.1, 0.15) is 24.8 Å². The Morgan fingerprint density at radius 2 is 1.50 bits per heavy atom. The van der Waals surface area contributed by atoms with Gasteiger partial charge < -0.3 is 14.7 Å². The van der Waals surface area contributed by atoms with Crippen LogP contribution in [0.25, 0.3) is 0 Å². The van der Waals surface area contributed by atoms with E-state index in [0.29, 0.717) is 32.1 Å². The molecule has 0 saturated carbocycles. The fourth-order valence-corrected chi connectivity index (χ4v) is 2.81. The van der Waals surface area contributed by atoms with Crippen LogP contribution in [-0.2, 0) is 0 Å². The molecule has 0 spiro atoms. The van der Waals surface area contributed by atoms with Gasteiger partial charge in [-0.15, -0.1) is 0 Å². The second-order valence-corrected chi connectivity index (χ2v) is 5.57. The van der Waals surface area contributed by atoms with E-state index < -0.39 is 6.43 Å². The molecule has 3 rings (SSSR count). The van der Waals surface area contributed by atoms with Crippen molar-refractivity contribution in [3.05, 3.63) is 18.0 Å². The molecule has 22 heavy (non-hydrogen) atoms. The lowest BCUT2D eigenvalue weighted by Gasteiger charge is -2.36. The minimum absolute atomic E-state index is 0.103. The van der Waals surface area contributed by atoms with Gasteiger partial charge in [0.1, 0.15) is 0 Å². The third-order valence-electron chi connectivity index (χ3n) is 4.12. The monoisotopic (exact) mass is 311 g/mol. The van der Waals surface area contributed by atoms with Crippen molar-refractivity contribution >= 4 is 12.0 Å². The number of amides is 2. The number of halogens is 2. The first-order valence-electron chi connectivity index (χ1n) is 7.54. The minimum atomic E-state index is -2.55. The van der Waals surface area contributed by atoms with E-state index in [4.69, 9.17) is 0 Å². The molecule has 0 unspecified atom stereocenters. The van der Waals surface area contributed by atoms with Crippen molar-refractivity contribution in [2.24, 2.45) is 0 Å². The van der Waals surface area contributed by atoms with Crippen molar-refractivity contribution < 1.29 is 13.6 Å². The lowest BCUT2D eigenvalue weighted by Crippen LogP contribution is -2.52. The van der Waals surface area contributed by atoms with Gasteiger partial charge in [0.2, 0.25) is 5.95 Å². The highest BCUT2D eigenvalue weighted by Crippen LogP contribution is 2.19. The quantitative estimate of drug-likeness (QED) is 0.835. The van der Waals surface area contributed by atoms with Crippen LogP contribution in [0.2, 0.25) is 0 Å². The number of rotatable bonds is 2. The summed E-state index contributed by atoms with van der Waals surface area (Å²) < 4.78 is 25.0. The van der Waals surface area contributed by atoms with Crippen molar-refractivity contribution in [1.29, 1.82) is 0 Å². The molecule has 6 nitrogen and oxygen atoms in total. The summed E-state index contributed by atoms with van der Waals surface area (Å²) in [5, 5.41) is 0. The van der Waals surface area contributed by atoms with Crippen molar-refractivity contribution in [2.75, 3.05) is 44.2 Å². The number of likely N-dealkylation sites (tertiary alicyclic amines) is 1. The molecular weight excluding hydrogens is 292 g/mol. The predicted octanol–water partition coefficient (Wildman–Crippen LogP) is 1.75. The molecule has 0 radical (unpaired) electrons. The largest absolute Gasteiger partial charge is 0.337 e. The van der Waals surface area contributed by atoms with Crippen LogP contribution >= 0.6 is 0 Å². The van der Waals surface area contributed by atoms with Crippen LogP contribution in [-0.4, -0.2) is 65.1 Å². The van der Waals surface area contributed by atoms with Crippen LogP contribution in [0.3, 0.4) is 0 Å². The second-order valence-electron chi connectivity index (χ2n) is 5.57. The Morgan fingerprint density at radius 3 is 2.05 bits per heavy atom. The van der Waals surface area contributed by atoms with Gasteiger partial charge in [0, 0.05) is 51.7 Å². The summed E-state index contributed by atoms with van der Waals surface area (Å²) in [5.74, 6) is 0.442. The highest BCUT2D eigenvalue weighted by molar-refractivity contribution is 5.75. The molecule has 3 heterocycles. The summed E-state index contributed by atoms with van der Waals surface area (Å²) in [6, 6.07) is 0.103. The Labute approximate surface area is 127 Å². The molecule has 0 atom stereocenters. The molecular formula is C14H19F2N5O. The van der Waals surface area contributed by atoms with Gasteiger partial charge in [0.25, 0.3) is 6.43 Å². The summed E-state index contributed by atoms with van der Waals surface area (Å²) in [5.41, 5.74) is -0.174. The zero-order valence-corrected chi connectivity index (χ0v) is 12.3. The minimum Gasteiger partial charge on any atom is -0.337 e. The van der Waals surface area contributed by atoms with Crippen molar-refractivity contribution in [1.82, 2.24) is 19.8 Å². The number of aromatic nitrogens is 2. The Balaban J connectivity index is 1.55. The van der Waals surface area contributed by atoms with Crippen LogP contribution in [0.5, 0.6) is 0 Å². The van der Waals surface area contributed by atoms with Gasteiger partial charge >= 0.3 is 6.03 Å². The topological polar surface area (TPSA) is 52.6 Å². The number of urea groups is 1. The highest BCUT2D eigenvalue weighted by atomic mass is 19.3. The van der Waals surface area contributed by atoms with E-state index in [1.807, 2.05) is 14.7 Å². The average molecular weight is 311 g/mol. The number of hydrogen-bond donors (Lipinski definition) is 0. The molecule has 120 valence electrons. The first kappa shape index (κ1) is 14.9. The smallest absolute Gasteiger partial charge is 0.320 e. The Hall–Kier alpha value is -1.99. The first-order chi connectivity index (χ1) is 10.6. The summed E-state index contributed by atoms with van der Waals surface area (Å²) >= 11 is 0. The lowest BCUT2D eigenvalue weighted by atomic mass is 10.3. The third-order valence-corrected chi connectivity index (χ3v) is 4.12. The highest BCUT2D eigenvalue weighted by Gasteiger charge is 2.27. The van der Waals surface area contributed by atoms with E-state index in [-0.39, 0.29) is 11.6 Å². The van der Waals surface area contributed by atoms with E-state index in [1.165, 1.54) is 0 Å². The van der Waals surface area contributed by atoms with Crippen LogP contribution in [0.4, 0.5) is 19.5 Å². The number of carbonyl (C=O) groups excluding carboxylic acids is 1. The maximum atomic E-state index is 12.5.